The van der Waals surface area contributed by atoms with Crippen molar-refractivity contribution in [3.63, 3.8) is 0 Å². The number of aliphatic hydroxyl groups excluding tert-OH is 1. The van der Waals surface area contributed by atoms with Gasteiger partial charge < -0.3 is 10.4 Å². The lowest BCUT2D eigenvalue weighted by atomic mass is 10.1. The van der Waals surface area contributed by atoms with Gasteiger partial charge in [0.15, 0.2) is 0 Å². The zero-order valence-electron chi connectivity index (χ0n) is 10.6. The molecule has 0 radical (unpaired) electrons. The molecular formula is C14H18N2OS. The predicted molar refractivity (Wildman–Crippen MR) is 79.2 cm³/mol. The molecule has 2 unspecified atom stereocenters. The molecule has 0 aliphatic carbocycles. The highest BCUT2D eigenvalue weighted by atomic mass is 32.2. The van der Waals surface area contributed by atoms with Crippen molar-refractivity contribution in [2.24, 2.45) is 0 Å². The molecule has 0 spiro atoms. The second kappa shape index (κ2) is 6.07. The molecule has 2 rings (SSSR count). The highest BCUT2D eigenvalue weighted by molar-refractivity contribution is 7.99. The number of anilines is 1. The summed E-state index contributed by atoms with van der Waals surface area (Å²) >= 11 is 1.67. The fraction of sp³-hybridized carbons (Fsp3) is 0.357. The summed E-state index contributed by atoms with van der Waals surface area (Å²) in [7, 11) is 0. The number of aliphatic hydroxyl groups is 1. The molecule has 2 aromatic rings. The minimum Gasteiger partial charge on any atom is -0.395 e. The average molecular weight is 262 g/mol. The van der Waals surface area contributed by atoms with Gasteiger partial charge in [-0.25, -0.2) is 0 Å². The smallest absolute Gasteiger partial charge is 0.0722 e. The van der Waals surface area contributed by atoms with Crippen LogP contribution in [-0.4, -0.2) is 34.2 Å². The van der Waals surface area contributed by atoms with Crippen molar-refractivity contribution in [1.82, 2.24) is 4.98 Å². The van der Waals surface area contributed by atoms with Crippen LogP contribution in [0.2, 0.25) is 0 Å². The first-order valence-electron chi connectivity index (χ1n) is 6.00. The molecule has 1 heterocycles. The number of thioether (sulfide) groups is 1. The highest BCUT2D eigenvalue weighted by Gasteiger charge is 2.15. The van der Waals surface area contributed by atoms with Gasteiger partial charge >= 0.3 is 0 Å². The zero-order valence-corrected chi connectivity index (χ0v) is 11.4. The van der Waals surface area contributed by atoms with Crippen LogP contribution in [0.15, 0.2) is 36.5 Å². The van der Waals surface area contributed by atoms with Crippen LogP contribution in [0.3, 0.4) is 0 Å². The van der Waals surface area contributed by atoms with Crippen molar-refractivity contribution < 1.29 is 5.11 Å². The van der Waals surface area contributed by atoms with E-state index in [0.717, 1.165) is 16.6 Å². The largest absolute Gasteiger partial charge is 0.395 e. The second-order valence-corrected chi connectivity index (χ2v) is 5.34. The Labute approximate surface area is 112 Å². The van der Waals surface area contributed by atoms with E-state index < -0.39 is 0 Å². The standard InChI is InChI=1S/C14H18N2OS/c1-10(14(9-17)18-2)16-13-7-8-15-12-6-4-3-5-11(12)13/h3-8,10,14,17H,9H2,1-2H3,(H,15,16). The zero-order chi connectivity index (χ0) is 13.0. The molecule has 18 heavy (non-hydrogen) atoms. The van der Waals surface area contributed by atoms with Gasteiger partial charge in [0, 0.05) is 28.6 Å². The molecule has 2 atom stereocenters. The van der Waals surface area contributed by atoms with Crippen molar-refractivity contribution >= 4 is 28.4 Å². The van der Waals surface area contributed by atoms with E-state index in [2.05, 4.69) is 23.3 Å². The number of nitrogens with one attached hydrogen (secondary N) is 1. The van der Waals surface area contributed by atoms with Gasteiger partial charge in [-0.2, -0.15) is 11.8 Å². The van der Waals surface area contributed by atoms with Gasteiger partial charge in [-0.1, -0.05) is 18.2 Å². The van der Waals surface area contributed by atoms with E-state index >= 15 is 0 Å². The molecular weight excluding hydrogens is 244 g/mol. The van der Waals surface area contributed by atoms with Gasteiger partial charge in [0.25, 0.3) is 0 Å². The van der Waals surface area contributed by atoms with Crippen molar-refractivity contribution in [2.45, 2.75) is 18.2 Å². The van der Waals surface area contributed by atoms with E-state index in [1.54, 1.807) is 11.8 Å². The summed E-state index contributed by atoms with van der Waals surface area (Å²) in [4.78, 5) is 4.34. The summed E-state index contributed by atoms with van der Waals surface area (Å²) in [5.41, 5.74) is 2.06. The molecule has 1 aromatic carbocycles. The first-order chi connectivity index (χ1) is 8.76. The van der Waals surface area contributed by atoms with Crippen molar-refractivity contribution in [1.29, 1.82) is 0 Å². The average Bonchev–Trinajstić information content (AvgIpc) is 2.40. The summed E-state index contributed by atoms with van der Waals surface area (Å²) < 4.78 is 0. The highest BCUT2D eigenvalue weighted by Crippen LogP contribution is 2.23. The molecule has 0 saturated carbocycles. The minimum atomic E-state index is 0.179. The number of hydrogen-bond acceptors (Lipinski definition) is 4. The van der Waals surface area contributed by atoms with E-state index in [4.69, 9.17) is 0 Å². The van der Waals surface area contributed by atoms with E-state index in [1.165, 1.54) is 0 Å². The van der Waals surface area contributed by atoms with Crippen LogP contribution in [0.5, 0.6) is 0 Å². The van der Waals surface area contributed by atoms with Crippen LogP contribution >= 0.6 is 11.8 Å². The summed E-state index contributed by atoms with van der Waals surface area (Å²) in [5.74, 6) is 0. The lowest BCUT2D eigenvalue weighted by Gasteiger charge is -2.23. The number of aromatic nitrogens is 1. The van der Waals surface area contributed by atoms with Gasteiger partial charge in [0.2, 0.25) is 0 Å². The van der Waals surface area contributed by atoms with Gasteiger partial charge in [-0.15, -0.1) is 0 Å². The molecule has 96 valence electrons. The summed E-state index contributed by atoms with van der Waals surface area (Å²) in [6.07, 6.45) is 3.83. The Balaban J connectivity index is 2.26. The molecule has 0 saturated heterocycles. The Morgan fingerprint density at radius 1 is 1.33 bits per heavy atom. The fourth-order valence-electron chi connectivity index (χ4n) is 2.00. The Morgan fingerprint density at radius 3 is 2.83 bits per heavy atom. The van der Waals surface area contributed by atoms with E-state index in [9.17, 15) is 5.11 Å². The minimum absolute atomic E-state index is 0.179. The lowest BCUT2D eigenvalue weighted by molar-refractivity contribution is 0.288. The van der Waals surface area contributed by atoms with Crippen LogP contribution in [0.4, 0.5) is 5.69 Å². The number of rotatable bonds is 5. The van der Waals surface area contributed by atoms with E-state index in [-0.39, 0.29) is 17.9 Å². The van der Waals surface area contributed by atoms with Gasteiger partial charge in [-0.3, -0.25) is 4.98 Å². The molecule has 0 amide bonds. The number of pyridine rings is 1. The summed E-state index contributed by atoms with van der Waals surface area (Å²) in [6, 6.07) is 10.2. The lowest BCUT2D eigenvalue weighted by Crippen LogP contribution is -2.31. The van der Waals surface area contributed by atoms with E-state index in [1.807, 2.05) is 36.7 Å². The number of hydrogen-bond donors (Lipinski definition) is 2. The van der Waals surface area contributed by atoms with Crippen LogP contribution in [0.25, 0.3) is 10.9 Å². The normalized spacial score (nSPS) is 14.4. The third-order valence-electron chi connectivity index (χ3n) is 3.07. The topological polar surface area (TPSA) is 45.1 Å². The predicted octanol–water partition coefficient (Wildman–Crippen LogP) is 2.76. The number of para-hydroxylation sites is 1. The third-order valence-corrected chi connectivity index (χ3v) is 4.24. The maximum atomic E-state index is 9.31. The van der Waals surface area contributed by atoms with Crippen LogP contribution in [-0.2, 0) is 0 Å². The number of fused-ring (bicyclic) bond motifs is 1. The second-order valence-electron chi connectivity index (χ2n) is 4.27. The number of nitrogens with zero attached hydrogens (tertiary/aromatic N) is 1. The monoisotopic (exact) mass is 262 g/mol. The Bertz CT molecular complexity index is 509. The maximum absolute atomic E-state index is 9.31. The maximum Gasteiger partial charge on any atom is 0.0722 e. The third kappa shape index (κ3) is 2.76. The molecule has 0 fully saturated rings. The molecule has 2 N–H and O–H groups in total. The summed E-state index contributed by atoms with van der Waals surface area (Å²) in [5, 5.41) is 14.1. The Morgan fingerprint density at radius 2 is 2.11 bits per heavy atom. The molecule has 0 aliphatic rings. The molecule has 3 nitrogen and oxygen atoms in total. The van der Waals surface area contributed by atoms with Gasteiger partial charge in [-0.05, 0) is 25.3 Å². The fourth-order valence-corrected chi connectivity index (χ4v) is 2.62. The first kappa shape index (κ1) is 13.2. The molecule has 0 bridgehead atoms. The molecule has 4 heteroatoms. The Hall–Kier alpha value is -1.26. The van der Waals surface area contributed by atoms with Gasteiger partial charge in [0.1, 0.15) is 0 Å². The summed E-state index contributed by atoms with van der Waals surface area (Å²) in [6.45, 7) is 2.27. The molecule has 0 aliphatic heterocycles. The quantitative estimate of drug-likeness (QED) is 0.869. The molecule has 1 aromatic heterocycles. The van der Waals surface area contributed by atoms with Crippen molar-refractivity contribution in [3.8, 4) is 0 Å². The van der Waals surface area contributed by atoms with Crippen molar-refractivity contribution in [2.75, 3.05) is 18.2 Å². The number of benzene rings is 1. The Kier molecular flexibility index (Phi) is 4.44. The SMILES string of the molecule is CSC(CO)C(C)Nc1ccnc2ccccc12. The van der Waals surface area contributed by atoms with Crippen molar-refractivity contribution in [3.05, 3.63) is 36.5 Å². The van der Waals surface area contributed by atoms with Gasteiger partial charge in [0.05, 0.1) is 12.1 Å². The van der Waals surface area contributed by atoms with Crippen LogP contribution < -0.4 is 5.32 Å². The van der Waals surface area contributed by atoms with E-state index in [0.29, 0.717) is 0 Å². The first-order valence-corrected chi connectivity index (χ1v) is 7.29. The van der Waals surface area contributed by atoms with Crippen LogP contribution in [0, 0.1) is 0 Å². The van der Waals surface area contributed by atoms with Crippen LogP contribution in [0.1, 0.15) is 6.92 Å².